The third-order valence-corrected chi connectivity index (χ3v) is 6.83. The average Bonchev–Trinajstić information content (AvgIpc) is 3.39. The quantitative estimate of drug-likeness (QED) is 0.222. The Bertz CT molecular complexity index is 1270. The van der Waals surface area contributed by atoms with Gasteiger partial charge in [-0.2, -0.15) is 0 Å². The number of hydrogen-bond acceptors (Lipinski definition) is 2. The molecule has 2 nitrogen and oxygen atoms in total. The molecule has 5 aromatic rings. The minimum absolute atomic E-state index is 0.0560. The van der Waals surface area contributed by atoms with E-state index in [0.717, 1.165) is 22.7 Å². The molecule has 1 atom stereocenters. The smallest absolute Gasteiger partial charge is 0.121 e. The molecule has 0 spiro atoms. The van der Waals surface area contributed by atoms with Gasteiger partial charge in [0.2, 0.25) is 0 Å². The second-order valence-corrected chi connectivity index (χ2v) is 9.01. The first-order valence-corrected chi connectivity index (χ1v) is 12.5. The summed E-state index contributed by atoms with van der Waals surface area (Å²) in [5, 5.41) is 0. The van der Waals surface area contributed by atoms with Gasteiger partial charge in [-0.1, -0.05) is 109 Å². The first kappa shape index (κ1) is 21.9. The first-order valence-electron chi connectivity index (χ1n) is 12.5. The van der Waals surface area contributed by atoms with Gasteiger partial charge in [0.05, 0.1) is 0 Å². The lowest BCUT2D eigenvalue weighted by Gasteiger charge is -2.45. The van der Waals surface area contributed by atoms with E-state index in [0.29, 0.717) is 0 Å². The SMILES string of the molecule is C1=CC(C(N(c2ccccc2)c2ccccc2)N(c2ccccc2)c2ccccc2)c2ccccc21. The molecule has 0 N–H and O–H groups in total. The number of hydrogen-bond donors (Lipinski definition) is 0. The predicted molar refractivity (Wildman–Crippen MR) is 152 cm³/mol. The zero-order valence-electron chi connectivity index (χ0n) is 20.1. The van der Waals surface area contributed by atoms with Crippen LogP contribution in [0.2, 0.25) is 0 Å². The van der Waals surface area contributed by atoms with Crippen LogP contribution in [0.25, 0.3) is 6.08 Å². The summed E-state index contributed by atoms with van der Waals surface area (Å²) in [6, 6.07) is 51.7. The molecule has 0 amide bonds. The number of nitrogens with zero attached hydrogens (tertiary/aromatic N) is 2. The molecule has 6 rings (SSSR count). The molecule has 0 aromatic heterocycles. The van der Waals surface area contributed by atoms with Gasteiger partial charge in [0, 0.05) is 28.7 Å². The van der Waals surface area contributed by atoms with Gasteiger partial charge < -0.3 is 9.80 Å². The van der Waals surface area contributed by atoms with Gasteiger partial charge in [-0.3, -0.25) is 0 Å². The van der Waals surface area contributed by atoms with Crippen LogP contribution in [0.4, 0.5) is 22.7 Å². The van der Waals surface area contributed by atoms with Crippen molar-refractivity contribution in [3.63, 3.8) is 0 Å². The molecule has 0 radical (unpaired) electrons. The molecule has 5 aromatic carbocycles. The van der Waals surface area contributed by atoms with Crippen molar-refractivity contribution in [3.8, 4) is 0 Å². The minimum atomic E-state index is -0.0560. The van der Waals surface area contributed by atoms with Crippen LogP contribution in [0.15, 0.2) is 152 Å². The van der Waals surface area contributed by atoms with Crippen molar-refractivity contribution in [2.75, 3.05) is 9.80 Å². The van der Waals surface area contributed by atoms with Gasteiger partial charge >= 0.3 is 0 Å². The molecule has 1 aliphatic rings. The summed E-state index contributed by atoms with van der Waals surface area (Å²) >= 11 is 0. The number of para-hydroxylation sites is 4. The van der Waals surface area contributed by atoms with Crippen LogP contribution in [0.1, 0.15) is 17.0 Å². The van der Waals surface area contributed by atoms with E-state index in [4.69, 9.17) is 0 Å². The third kappa shape index (κ3) is 4.18. The van der Waals surface area contributed by atoms with Crippen molar-refractivity contribution in [1.82, 2.24) is 0 Å². The Labute approximate surface area is 213 Å². The fourth-order valence-electron chi connectivity index (χ4n) is 5.24. The maximum atomic E-state index is 2.48. The molecule has 36 heavy (non-hydrogen) atoms. The topological polar surface area (TPSA) is 6.48 Å². The van der Waals surface area contributed by atoms with Crippen LogP contribution >= 0.6 is 0 Å². The number of fused-ring (bicyclic) bond motifs is 1. The van der Waals surface area contributed by atoms with Crippen molar-refractivity contribution in [2.24, 2.45) is 0 Å². The van der Waals surface area contributed by atoms with Crippen LogP contribution < -0.4 is 9.80 Å². The summed E-state index contributed by atoms with van der Waals surface area (Å²) in [7, 11) is 0. The summed E-state index contributed by atoms with van der Waals surface area (Å²) in [6.07, 6.45) is 4.59. The van der Waals surface area contributed by atoms with Crippen molar-refractivity contribution in [3.05, 3.63) is 163 Å². The predicted octanol–water partition coefficient (Wildman–Crippen LogP) is 8.80. The highest BCUT2D eigenvalue weighted by Crippen LogP contribution is 2.44. The van der Waals surface area contributed by atoms with E-state index in [9.17, 15) is 0 Å². The number of benzene rings is 5. The molecule has 0 saturated heterocycles. The minimum Gasteiger partial charge on any atom is -0.319 e. The van der Waals surface area contributed by atoms with Crippen LogP contribution in [0.5, 0.6) is 0 Å². The summed E-state index contributed by atoms with van der Waals surface area (Å²) in [5.41, 5.74) is 7.25. The van der Waals surface area contributed by atoms with E-state index >= 15 is 0 Å². The Morgan fingerprint density at radius 2 is 0.778 bits per heavy atom. The van der Waals surface area contributed by atoms with Crippen LogP contribution in [-0.4, -0.2) is 6.17 Å². The summed E-state index contributed by atoms with van der Waals surface area (Å²) in [5.74, 6) is 0.141. The largest absolute Gasteiger partial charge is 0.319 e. The van der Waals surface area contributed by atoms with Crippen LogP contribution in [0.3, 0.4) is 0 Å². The van der Waals surface area contributed by atoms with E-state index in [2.05, 4.69) is 168 Å². The fraction of sp³-hybridized carbons (Fsp3) is 0.0588. The Balaban J connectivity index is 1.63. The second kappa shape index (κ2) is 9.97. The summed E-state index contributed by atoms with van der Waals surface area (Å²) < 4.78 is 0. The number of anilines is 4. The van der Waals surface area contributed by atoms with Gasteiger partial charge in [-0.25, -0.2) is 0 Å². The molecule has 1 aliphatic carbocycles. The van der Waals surface area contributed by atoms with Gasteiger partial charge in [-0.05, 0) is 59.7 Å². The maximum Gasteiger partial charge on any atom is 0.121 e. The van der Waals surface area contributed by atoms with E-state index in [1.165, 1.54) is 11.1 Å². The zero-order chi connectivity index (χ0) is 24.2. The van der Waals surface area contributed by atoms with E-state index in [1.54, 1.807) is 0 Å². The highest BCUT2D eigenvalue weighted by atomic mass is 15.4. The standard InChI is InChI=1S/C34H28N2/c1-5-16-28(17-6-1)35(29-18-7-2-8-19-29)34(33-26-25-27-15-13-14-24-32(27)33)36(30-20-9-3-10-21-30)31-22-11-4-12-23-31/h1-26,33-34H. The Morgan fingerprint density at radius 1 is 0.417 bits per heavy atom. The average molecular weight is 465 g/mol. The lowest BCUT2D eigenvalue weighted by molar-refractivity contribution is 0.603. The van der Waals surface area contributed by atoms with Gasteiger partial charge in [0.15, 0.2) is 0 Å². The monoisotopic (exact) mass is 464 g/mol. The molecular weight excluding hydrogens is 436 g/mol. The van der Waals surface area contributed by atoms with Crippen molar-refractivity contribution in [2.45, 2.75) is 12.1 Å². The van der Waals surface area contributed by atoms with Gasteiger partial charge in [0.25, 0.3) is 0 Å². The highest BCUT2D eigenvalue weighted by molar-refractivity contribution is 5.75. The van der Waals surface area contributed by atoms with E-state index in [-0.39, 0.29) is 12.1 Å². The molecule has 1 unspecified atom stereocenters. The Kier molecular flexibility index (Phi) is 6.08. The second-order valence-electron chi connectivity index (χ2n) is 9.01. The van der Waals surface area contributed by atoms with Crippen molar-refractivity contribution < 1.29 is 0 Å². The summed E-state index contributed by atoms with van der Waals surface area (Å²) in [4.78, 5) is 4.97. The molecule has 0 saturated carbocycles. The lowest BCUT2D eigenvalue weighted by atomic mass is 9.94. The maximum absolute atomic E-state index is 2.48. The van der Waals surface area contributed by atoms with Crippen LogP contribution in [0, 0.1) is 0 Å². The molecule has 2 heteroatoms. The molecule has 0 fully saturated rings. The molecule has 174 valence electrons. The van der Waals surface area contributed by atoms with Crippen molar-refractivity contribution in [1.29, 1.82) is 0 Å². The Morgan fingerprint density at radius 3 is 1.19 bits per heavy atom. The number of rotatable bonds is 7. The molecule has 0 aliphatic heterocycles. The zero-order valence-corrected chi connectivity index (χ0v) is 20.1. The highest BCUT2D eigenvalue weighted by Gasteiger charge is 2.37. The molecule has 0 heterocycles. The fourth-order valence-corrected chi connectivity index (χ4v) is 5.24. The van der Waals surface area contributed by atoms with Gasteiger partial charge in [0.1, 0.15) is 6.17 Å². The third-order valence-electron chi connectivity index (χ3n) is 6.83. The van der Waals surface area contributed by atoms with E-state index < -0.39 is 0 Å². The van der Waals surface area contributed by atoms with Crippen molar-refractivity contribution >= 4 is 28.8 Å². The summed E-state index contributed by atoms with van der Waals surface area (Å²) in [6.45, 7) is 0. The van der Waals surface area contributed by atoms with Gasteiger partial charge in [-0.15, -0.1) is 0 Å². The molecule has 0 bridgehead atoms. The van der Waals surface area contributed by atoms with E-state index in [1.807, 2.05) is 0 Å². The lowest BCUT2D eigenvalue weighted by Crippen LogP contribution is -2.47. The molecular formula is C34H28N2. The van der Waals surface area contributed by atoms with Crippen LogP contribution in [-0.2, 0) is 0 Å². The first-order chi connectivity index (χ1) is 17.9. The Hall–Kier alpha value is -4.56. The normalized spacial score (nSPS) is 14.0.